The van der Waals surface area contributed by atoms with Crippen molar-refractivity contribution in [1.29, 1.82) is 0 Å². The van der Waals surface area contributed by atoms with Crippen molar-refractivity contribution in [2.45, 2.75) is 18.9 Å². The Labute approximate surface area is 105 Å². The summed E-state index contributed by atoms with van der Waals surface area (Å²) >= 11 is 0. The summed E-state index contributed by atoms with van der Waals surface area (Å²) in [4.78, 5) is 5.99. The van der Waals surface area contributed by atoms with E-state index in [1.165, 1.54) is 4.52 Å². The van der Waals surface area contributed by atoms with Crippen LogP contribution in [0.25, 0.3) is 5.65 Å². The summed E-state index contributed by atoms with van der Waals surface area (Å²) in [6.45, 7) is 3.45. The molecule has 0 saturated carbocycles. The fourth-order valence-electron chi connectivity index (χ4n) is 1.79. The molecule has 0 aliphatic rings. The van der Waals surface area contributed by atoms with E-state index in [0.29, 0.717) is 17.2 Å². The zero-order chi connectivity index (χ0) is 13.7. The van der Waals surface area contributed by atoms with Gasteiger partial charge in [-0.1, -0.05) is 0 Å². The number of nitrogens with two attached hydrogens (primary N) is 1. The number of rotatable bonds is 2. The third-order valence-electron chi connectivity index (χ3n) is 2.60. The second-order valence-corrected chi connectivity index (χ2v) is 5.84. The number of imidazole rings is 1. The number of aromatic nitrogens is 3. The number of hydrogen-bond donors (Lipinski definition) is 1. The topological polar surface area (TPSA) is 93.6 Å². The number of fused-ring (bicyclic) bond motifs is 1. The first-order chi connectivity index (χ1) is 8.21. The van der Waals surface area contributed by atoms with Gasteiger partial charge in [0.15, 0.2) is 10.7 Å². The highest BCUT2D eigenvalue weighted by molar-refractivity contribution is 7.89. The van der Waals surface area contributed by atoms with Gasteiger partial charge < -0.3 is 4.90 Å². The van der Waals surface area contributed by atoms with E-state index in [9.17, 15) is 8.42 Å². The van der Waals surface area contributed by atoms with Gasteiger partial charge in [0.1, 0.15) is 5.82 Å². The number of aryl methyl sites for hydroxylation is 2. The molecule has 2 N–H and O–H groups in total. The third kappa shape index (κ3) is 1.93. The van der Waals surface area contributed by atoms with Gasteiger partial charge in [-0.25, -0.2) is 18.5 Å². The van der Waals surface area contributed by atoms with Gasteiger partial charge in [-0.05, 0) is 25.5 Å². The van der Waals surface area contributed by atoms with Crippen LogP contribution in [0.4, 0.5) is 5.82 Å². The largest absolute Gasteiger partial charge is 0.361 e. The van der Waals surface area contributed by atoms with E-state index in [2.05, 4.69) is 10.1 Å². The van der Waals surface area contributed by atoms with Crippen LogP contribution in [-0.2, 0) is 10.0 Å². The summed E-state index contributed by atoms with van der Waals surface area (Å²) in [7, 11) is -0.202. The number of hydrogen-bond acceptors (Lipinski definition) is 5. The predicted molar refractivity (Wildman–Crippen MR) is 68.2 cm³/mol. The molecule has 0 aliphatic heterocycles. The van der Waals surface area contributed by atoms with Crippen LogP contribution in [0, 0.1) is 13.8 Å². The van der Waals surface area contributed by atoms with Gasteiger partial charge in [-0.15, -0.1) is 5.10 Å². The monoisotopic (exact) mass is 269 g/mol. The van der Waals surface area contributed by atoms with Crippen LogP contribution in [0.5, 0.6) is 0 Å². The van der Waals surface area contributed by atoms with Gasteiger partial charge in [0, 0.05) is 14.1 Å². The van der Waals surface area contributed by atoms with Gasteiger partial charge in [-0.3, -0.25) is 0 Å². The molecule has 0 atom stereocenters. The zero-order valence-corrected chi connectivity index (χ0v) is 11.5. The lowest BCUT2D eigenvalue weighted by atomic mass is 10.3. The van der Waals surface area contributed by atoms with E-state index in [1.807, 2.05) is 27.1 Å². The van der Waals surface area contributed by atoms with Gasteiger partial charge in [0.05, 0.1) is 5.69 Å². The summed E-state index contributed by atoms with van der Waals surface area (Å²) < 4.78 is 24.5. The van der Waals surface area contributed by atoms with E-state index < -0.39 is 10.0 Å². The molecule has 0 spiro atoms. The number of sulfonamides is 1. The van der Waals surface area contributed by atoms with Crippen molar-refractivity contribution >= 4 is 21.5 Å². The molecular weight excluding hydrogens is 254 g/mol. The van der Waals surface area contributed by atoms with Crippen LogP contribution >= 0.6 is 0 Å². The van der Waals surface area contributed by atoms with Crippen molar-refractivity contribution in [3.63, 3.8) is 0 Å². The fourth-order valence-corrected chi connectivity index (χ4v) is 2.61. The maximum atomic E-state index is 11.6. The first-order valence-corrected chi connectivity index (χ1v) is 6.83. The highest BCUT2D eigenvalue weighted by atomic mass is 32.2. The Bertz CT molecular complexity index is 717. The van der Waals surface area contributed by atoms with Gasteiger partial charge in [0.25, 0.3) is 10.0 Å². The highest BCUT2D eigenvalue weighted by Gasteiger charge is 2.21. The van der Waals surface area contributed by atoms with Crippen LogP contribution in [0.2, 0.25) is 0 Å². The average molecular weight is 269 g/mol. The number of nitrogens with zero attached hydrogens (tertiary/aromatic N) is 4. The van der Waals surface area contributed by atoms with Crippen molar-refractivity contribution in [1.82, 2.24) is 14.6 Å². The standard InChI is InChI=1S/C10H15N5O2S/c1-6-5-8(14(3)4)13-15-9(6)12-7(2)10(15)18(11,16)17/h5H,1-4H3,(H2,11,16,17). The van der Waals surface area contributed by atoms with Crippen LogP contribution in [0.15, 0.2) is 11.1 Å². The Balaban J connectivity index is 2.92. The van der Waals surface area contributed by atoms with E-state index in [0.717, 1.165) is 5.56 Å². The minimum Gasteiger partial charge on any atom is -0.361 e. The summed E-state index contributed by atoms with van der Waals surface area (Å²) in [6, 6.07) is 1.84. The molecule has 8 heteroatoms. The Morgan fingerprint density at radius 3 is 2.44 bits per heavy atom. The molecule has 0 aliphatic carbocycles. The van der Waals surface area contributed by atoms with Crippen LogP contribution in [-0.4, -0.2) is 37.1 Å². The zero-order valence-electron chi connectivity index (χ0n) is 10.7. The Kier molecular flexibility index (Phi) is 2.78. The lowest BCUT2D eigenvalue weighted by Crippen LogP contribution is -2.19. The molecule has 0 radical (unpaired) electrons. The molecule has 2 aromatic rings. The predicted octanol–water partition coefficient (Wildman–Crippen LogP) is 0.0595. The summed E-state index contributed by atoms with van der Waals surface area (Å²) in [5, 5.41) is 9.38. The molecule has 2 heterocycles. The lowest BCUT2D eigenvalue weighted by Gasteiger charge is -2.12. The molecule has 0 bridgehead atoms. The second kappa shape index (κ2) is 3.92. The van der Waals surface area contributed by atoms with Crippen LogP contribution < -0.4 is 10.0 Å². The third-order valence-corrected chi connectivity index (χ3v) is 3.61. The summed E-state index contributed by atoms with van der Waals surface area (Å²) in [6.07, 6.45) is 0. The molecule has 2 rings (SSSR count). The van der Waals surface area contributed by atoms with E-state index >= 15 is 0 Å². The van der Waals surface area contributed by atoms with Crippen molar-refractivity contribution in [3.05, 3.63) is 17.3 Å². The van der Waals surface area contributed by atoms with Gasteiger partial charge in [-0.2, -0.15) is 4.52 Å². The van der Waals surface area contributed by atoms with Gasteiger partial charge in [0.2, 0.25) is 0 Å². The normalized spacial score (nSPS) is 12.1. The number of anilines is 1. The van der Waals surface area contributed by atoms with E-state index in [1.54, 1.807) is 11.8 Å². The van der Waals surface area contributed by atoms with Gasteiger partial charge >= 0.3 is 0 Å². The fraction of sp³-hybridized carbons (Fsp3) is 0.400. The second-order valence-electron chi connectivity index (χ2n) is 4.36. The average Bonchev–Trinajstić information content (AvgIpc) is 2.53. The van der Waals surface area contributed by atoms with E-state index in [-0.39, 0.29) is 5.03 Å². The Morgan fingerprint density at radius 2 is 1.94 bits per heavy atom. The maximum absolute atomic E-state index is 11.6. The Morgan fingerprint density at radius 1 is 1.33 bits per heavy atom. The highest BCUT2D eigenvalue weighted by Crippen LogP contribution is 2.20. The van der Waals surface area contributed by atoms with Crippen molar-refractivity contribution in [3.8, 4) is 0 Å². The first kappa shape index (κ1) is 12.8. The molecule has 98 valence electrons. The molecule has 0 amide bonds. The lowest BCUT2D eigenvalue weighted by molar-refractivity contribution is 0.588. The number of primary sulfonamides is 1. The molecule has 0 saturated heterocycles. The Hall–Kier alpha value is -1.67. The van der Waals surface area contributed by atoms with Crippen molar-refractivity contribution < 1.29 is 8.42 Å². The van der Waals surface area contributed by atoms with Crippen molar-refractivity contribution in [2.75, 3.05) is 19.0 Å². The minimum atomic E-state index is -3.86. The quantitative estimate of drug-likeness (QED) is 0.832. The summed E-state index contributed by atoms with van der Waals surface area (Å²) in [5.74, 6) is 0.641. The van der Waals surface area contributed by atoms with Crippen LogP contribution in [0.3, 0.4) is 0 Å². The molecule has 7 nitrogen and oxygen atoms in total. The molecular formula is C10H15N5O2S. The smallest absolute Gasteiger partial charge is 0.257 e. The molecule has 0 unspecified atom stereocenters. The van der Waals surface area contributed by atoms with Crippen molar-refractivity contribution in [2.24, 2.45) is 5.14 Å². The molecule has 0 aromatic carbocycles. The first-order valence-electron chi connectivity index (χ1n) is 5.29. The molecule has 18 heavy (non-hydrogen) atoms. The molecule has 0 fully saturated rings. The summed E-state index contributed by atoms with van der Waals surface area (Å²) in [5.41, 5.74) is 1.69. The van der Waals surface area contributed by atoms with Crippen LogP contribution in [0.1, 0.15) is 11.3 Å². The van der Waals surface area contributed by atoms with E-state index in [4.69, 9.17) is 5.14 Å². The maximum Gasteiger partial charge on any atom is 0.257 e. The minimum absolute atomic E-state index is 0.0655. The molecule has 2 aromatic heterocycles. The SMILES string of the molecule is Cc1nc2c(C)cc(N(C)C)nn2c1S(N)(=O)=O.